The Morgan fingerprint density at radius 1 is 1.45 bits per heavy atom. The molecule has 0 heterocycles. The SMILES string of the molecule is CCC1(C(F)(F)CO)CCC1. The van der Waals surface area contributed by atoms with Gasteiger partial charge in [-0.1, -0.05) is 13.3 Å². The van der Waals surface area contributed by atoms with Gasteiger partial charge < -0.3 is 5.11 Å². The van der Waals surface area contributed by atoms with E-state index in [2.05, 4.69) is 0 Å². The van der Waals surface area contributed by atoms with Gasteiger partial charge in [-0.05, 0) is 19.3 Å². The molecule has 1 fully saturated rings. The minimum Gasteiger partial charge on any atom is -0.390 e. The maximum atomic E-state index is 13.0. The van der Waals surface area contributed by atoms with Crippen molar-refractivity contribution in [3.8, 4) is 0 Å². The summed E-state index contributed by atoms with van der Waals surface area (Å²) >= 11 is 0. The average Bonchev–Trinajstić information content (AvgIpc) is 1.86. The standard InChI is InChI=1S/C8H14F2O/c1-2-7(4-3-5-7)8(9,10)6-11/h11H,2-6H2,1H3. The van der Waals surface area contributed by atoms with E-state index in [1.165, 1.54) is 0 Å². The van der Waals surface area contributed by atoms with Crippen LogP contribution in [0.25, 0.3) is 0 Å². The first-order valence-corrected chi connectivity index (χ1v) is 4.07. The van der Waals surface area contributed by atoms with E-state index in [9.17, 15) is 8.78 Å². The van der Waals surface area contributed by atoms with E-state index in [-0.39, 0.29) is 0 Å². The normalized spacial score (nSPS) is 22.9. The largest absolute Gasteiger partial charge is 0.390 e. The minimum absolute atomic E-state index is 0.473. The molecule has 0 atom stereocenters. The van der Waals surface area contributed by atoms with E-state index in [0.717, 1.165) is 6.42 Å². The third-order valence-electron chi connectivity index (χ3n) is 2.96. The Kier molecular flexibility index (Phi) is 2.19. The van der Waals surface area contributed by atoms with Crippen LogP contribution in [0.1, 0.15) is 32.6 Å². The molecule has 0 amide bonds. The molecule has 1 aliphatic rings. The van der Waals surface area contributed by atoms with Crippen LogP contribution in [0.3, 0.4) is 0 Å². The number of aliphatic hydroxyl groups excluding tert-OH is 1. The smallest absolute Gasteiger partial charge is 0.276 e. The van der Waals surface area contributed by atoms with Gasteiger partial charge in [0.1, 0.15) is 6.61 Å². The zero-order chi connectivity index (χ0) is 8.54. The monoisotopic (exact) mass is 164 g/mol. The number of hydrogen-bond acceptors (Lipinski definition) is 1. The summed E-state index contributed by atoms with van der Waals surface area (Å²) < 4.78 is 26.0. The summed E-state index contributed by atoms with van der Waals surface area (Å²) in [6.07, 6.45) is 2.48. The minimum atomic E-state index is -2.86. The van der Waals surface area contributed by atoms with Crippen LogP contribution >= 0.6 is 0 Å². The van der Waals surface area contributed by atoms with Gasteiger partial charge in [-0.25, -0.2) is 8.78 Å². The lowest BCUT2D eigenvalue weighted by molar-refractivity contribution is -0.186. The highest BCUT2D eigenvalue weighted by Gasteiger charge is 2.55. The Labute approximate surface area is 65.4 Å². The first-order chi connectivity index (χ1) is 5.08. The van der Waals surface area contributed by atoms with Gasteiger partial charge in [0.25, 0.3) is 5.92 Å². The van der Waals surface area contributed by atoms with E-state index >= 15 is 0 Å². The van der Waals surface area contributed by atoms with Crippen LogP contribution in [-0.2, 0) is 0 Å². The van der Waals surface area contributed by atoms with Gasteiger partial charge >= 0.3 is 0 Å². The third-order valence-corrected chi connectivity index (χ3v) is 2.96. The van der Waals surface area contributed by atoms with Gasteiger partial charge in [-0.2, -0.15) is 0 Å². The number of aliphatic hydroxyl groups is 1. The predicted octanol–water partition coefficient (Wildman–Crippen LogP) is 2.19. The summed E-state index contributed by atoms with van der Waals surface area (Å²) in [7, 11) is 0. The summed E-state index contributed by atoms with van der Waals surface area (Å²) in [5.41, 5.74) is -0.873. The van der Waals surface area contributed by atoms with Crippen LogP contribution in [0.4, 0.5) is 8.78 Å². The van der Waals surface area contributed by atoms with Crippen LogP contribution < -0.4 is 0 Å². The lowest BCUT2D eigenvalue weighted by atomic mass is 9.63. The molecule has 1 aliphatic carbocycles. The van der Waals surface area contributed by atoms with E-state index in [1.807, 2.05) is 0 Å². The summed E-state index contributed by atoms with van der Waals surface area (Å²) in [6.45, 7) is 0.767. The van der Waals surface area contributed by atoms with E-state index in [1.54, 1.807) is 6.92 Å². The second-order valence-corrected chi connectivity index (χ2v) is 3.35. The Morgan fingerprint density at radius 2 is 2.00 bits per heavy atom. The van der Waals surface area contributed by atoms with Gasteiger partial charge in [0.2, 0.25) is 0 Å². The molecule has 0 aromatic carbocycles. The average molecular weight is 164 g/mol. The van der Waals surface area contributed by atoms with E-state index in [0.29, 0.717) is 19.3 Å². The Bertz CT molecular complexity index is 136. The fourth-order valence-electron chi connectivity index (χ4n) is 1.75. The first kappa shape index (κ1) is 8.91. The number of alkyl halides is 2. The van der Waals surface area contributed by atoms with Crippen molar-refractivity contribution in [2.45, 2.75) is 38.5 Å². The van der Waals surface area contributed by atoms with Crippen molar-refractivity contribution in [1.82, 2.24) is 0 Å². The molecule has 0 unspecified atom stereocenters. The fourth-order valence-corrected chi connectivity index (χ4v) is 1.75. The highest BCUT2D eigenvalue weighted by atomic mass is 19.3. The molecule has 11 heavy (non-hydrogen) atoms. The van der Waals surface area contributed by atoms with E-state index < -0.39 is 17.9 Å². The number of halogens is 2. The van der Waals surface area contributed by atoms with Crippen molar-refractivity contribution in [1.29, 1.82) is 0 Å². The molecular weight excluding hydrogens is 150 g/mol. The Morgan fingerprint density at radius 3 is 2.09 bits per heavy atom. The molecule has 1 saturated carbocycles. The molecule has 1 N–H and O–H groups in total. The van der Waals surface area contributed by atoms with Gasteiger partial charge in [0.15, 0.2) is 0 Å². The van der Waals surface area contributed by atoms with Crippen molar-refractivity contribution in [3.63, 3.8) is 0 Å². The molecule has 66 valence electrons. The summed E-state index contributed by atoms with van der Waals surface area (Å²) in [6, 6.07) is 0. The first-order valence-electron chi connectivity index (χ1n) is 4.07. The van der Waals surface area contributed by atoms with Crippen LogP contribution in [0.15, 0.2) is 0 Å². The molecule has 0 aliphatic heterocycles. The van der Waals surface area contributed by atoms with Crippen LogP contribution in [-0.4, -0.2) is 17.6 Å². The highest BCUT2D eigenvalue weighted by molar-refractivity contribution is 4.97. The quantitative estimate of drug-likeness (QED) is 0.678. The third kappa shape index (κ3) is 1.15. The van der Waals surface area contributed by atoms with Crippen molar-refractivity contribution in [2.24, 2.45) is 5.41 Å². The van der Waals surface area contributed by atoms with Gasteiger partial charge in [-0.3, -0.25) is 0 Å². The molecule has 0 radical (unpaired) electrons. The Balaban J connectivity index is 2.68. The number of hydrogen-bond donors (Lipinski definition) is 1. The lowest BCUT2D eigenvalue weighted by Crippen LogP contribution is -2.48. The molecule has 1 rings (SSSR count). The second kappa shape index (κ2) is 2.70. The zero-order valence-electron chi connectivity index (χ0n) is 6.74. The second-order valence-electron chi connectivity index (χ2n) is 3.35. The van der Waals surface area contributed by atoms with Crippen molar-refractivity contribution < 1.29 is 13.9 Å². The zero-order valence-corrected chi connectivity index (χ0v) is 6.74. The molecular formula is C8H14F2O. The molecule has 1 nitrogen and oxygen atoms in total. The highest BCUT2D eigenvalue weighted by Crippen LogP contribution is 2.54. The van der Waals surface area contributed by atoms with Crippen molar-refractivity contribution in [2.75, 3.05) is 6.61 Å². The molecule has 3 heteroatoms. The summed E-state index contributed by atoms with van der Waals surface area (Å²) in [4.78, 5) is 0. The van der Waals surface area contributed by atoms with Crippen LogP contribution in [0.5, 0.6) is 0 Å². The van der Waals surface area contributed by atoms with Gasteiger partial charge in [0, 0.05) is 5.41 Å². The number of rotatable bonds is 3. The summed E-state index contributed by atoms with van der Waals surface area (Å²) in [5, 5.41) is 8.48. The molecule has 0 bridgehead atoms. The predicted molar refractivity (Wildman–Crippen MR) is 38.6 cm³/mol. The maximum absolute atomic E-state index is 13.0. The molecule has 0 aromatic heterocycles. The van der Waals surface area contributed by atoms with Gasteiger partial charge in [0.05, 0.1) is 0 Å². The fraction of sp³-hybridized carbons (Fsp3) is 1.00. The van der Waals surface area contributed by atoms with Gasteiger partial charge in [-0.15, -0.1) is 0 Å². The lowest BCUT2D eigenvalue weighted by Gasteiger charge is -2.46. The molecule has 0 spiro atoms. The van der Waals surface area contributed by atoms with Crippen molar-refractivity contribution >= 4 is 0 Å². The summed E-state index contributed by atoms with van der Waals surface area (Å²) in [5.74, 6) is -2.86. The topological polar surface area (TPSA) is 20.2 Å². The van der Waals surface area contributed by atoms with Crippen LogP contribution in [0, 0.1) is 5.41 Å². The molecule has 0 aromatic rings. The molecule has 0 saturated heterocycles. The van der Waals surface area contributed by atoms with E-state index in [4.69, 9.17) is 5.11 Å². The van der Waals surface area contributed by atoms with Crippen LogP contribution in [0.2, 0.25) is 0 Å². The van der Waals surface area contributed by atoms with Crippen molar-refractivity contribution in [3.05, 3.63) is 0 Å². The Hall–Kier alpha value is -0.180. The maximum Gasteiger partial charge on any atom is 0.276 e.